The highest BCUT2D eigenvalue weighted by Gasteiger charge is 2.31. The van der Waals surface area contributed by atoms with Gasteiger partial charge in [-0.1, -0.05) is 59.6 Å². The predicted octanol–water partition coefficient (Wildman–Crippen LogP) is 5.29. The molecule has 0 saturated heterocycles. The fourth-order valence-electron chi connectivity index (χ4n) is 3.46. The van der Waals surface area contributed by atoms with E-state index in [9.17, 15) is 14.0 Å². The first-order chi connectivity index (χ1) is 16.4. The molecule has 0 fully saturated rings. The molecule has 0 saturated carbocycles. The van der Waals surface area contributed by atoms with E-state index in [1.165, 1.54) is 29.2 Å². The maximum absolute atomic E-state index is 13.4. The van der Waals surface area contributed by atoms with E-state index >= 15 is 0 Å². The molecule has 0 aliphatic carbocycles. The molecule has 1 atom stereocenters. The topological polar surface area (TPSA) is 58.6 Å². The van der Waals surface area contributed by atoms with Crippen LogP contribution in [-0.4, -0.2) is 35.9 Å². The van der Waals surface area contributed by atoms with Crippen molar-refractivity contribution >= 4 is 35.0 Å². The number of carbonyl (C=O) groups excluding carboxylic acids is 2. The quantitative estimate of drug-likeness (QED) is 0.409. The van der Waals surface area contributed by atoms with E-state index in [1.807, 2.05) is 37.3 Å². The van der Waals surface area contributed by atoms with Gasteiger partial charge in [0, 0.05) is 35.1 Å². The lowest BCUT2D eigenvalue weighted by Gasteiger charge is -2.32. The van der Waals surface area contributed by atoms with Crippen LogP contribution in [0.25, 0.3) is 0 Å². The van der Waals surface area contributed by atoms with Crippen LogP contribution in [0, 0.1) is 5.82 Å². The second kappa shape index (κ2) is 12.4. The Bertz CT molecular complexity index is 1090. The monoisotopic (exact) mass is 502 g/mol. The number of amides is 2. The molecular formula is C26H25Cl2FN2O3. The van der Waals surface area contributed by atoms with E-state index in [0.29, 0.717) is 27.9 Å². The van der Waals surface area contributed by atoms with Gasteiger partial charge in [0.15, 0.2) is 6.61 Å². The summed E-state index contributed by atoms with van der Waals surface area (Å²) in [5.41, 5.74) is 1.42. The minimum atomic E-state index is -0.834. The van der Waals surface area contributed by atoms with Crippen LogP contribution < -0.4 is 10.1 Å². The van der Waals surface area contributed by atoms with Gasteiger partial charge in [-0.2, -0.15) is 0 Å². The van der Waals surface area contributed by atoms with Crippen LogP contribution >= 0.6 is 23.2 Å². The van der Waals surface area contributed by atoms with Gasteiger partial charge in [0.1, 0.15) is 17.6 Å². The molecule has 178 valence electrons. The third-order valence-corrected chi connectivity index (χ3v) is 5.90. The number of benzene rings is 3. The van der Waals surface area contributed by atoms with Gasteiger partial charge in [0.2, 0.25) is 5.91 Å². The van der Waals surface area contributed by atoms with Gasteiger partial charge in [-0.25, -0.2) is 4.39 Å². The Morgan fingerprint density at radius 2 is 1.62 bits per heavy atom. The summed E-state index contributed by atoms with van der Waals surface area (Å²) in [6.45, 7) is 1.88. The van der Waals surface area contributed by atoms with E-state index in [1.54, 1.807) is 18.2 Å². The summed E-state index contributed by atoms with van der Waals surface area (Å²) in [5.74, 6) is -0.812. The maximum atomic E-state index is 13.4. The third kappa shape index (κ3) is 6.95. The smallest absolute Gasteiger partial charge is 0.261 e. The van der Waals surface area contributed by atoms with Gasteiger partial charge in [-0.3, -0.25) is 9.59 Å². The maximum Gasteiger partial charge on any atom is 0.261 e. The molecule has 0 radical (unpaired) electrons. The number of ether oxygens (including phenoxy) is 1. The lowest BCUT2D eigenvalue weighted by atomic mass is 10.0. The Balaban J connectivity index is 1.93. The summed E-state index contributed by atoms with van der Waals surface area (Å²) in [7, 11) is 0. The summed E-state index contributed by atoms with van der Waals surface area (Å²) in [6.07, 6.45) is 0.289. The van der Waals surface area contributed by atoms with Gasteiger partial charge >= 0.3 is 0 Å². The van der Waals surface area contributed by atoms with Gasteiger partial charge in [-0.15, -0.1) is 0 Å². The Morgan fingerprint density at radius 3 is 2.24 bits per heavy atom. The zero-order chi connectivity index (χ0) is 24.5. The summed E-state index contributed by atoms with van der Waals surface area (Å²) >= 11 is 12.8. The van der Waals surface area contributed by atoms with E-state index in [2.05, 4.69) is 5.32 Å². The number of likely N-dealkylation sites (N-methyl/N-ethyl adjacent to an activating group) is 1. The minimum Gasteiger partial charge on any atom is -0.484 e. The molecule has 3 aromatic rings. The van der Waals surface area contributed by atoms with E-state index in [0.717, 1.165) is 5.56 Å². The number of nitrogens with one attached hydrogen (secondary N) is 1. The van der Waals surface area contributed by atoms with Crippen LogP contribution in [0.2, 0.25) is 10.0 Å². The lowest BCUT2D eigenvalue weighted by Crippen LogP contribution is -2.51. The largest absolute Gasteiger partial charge is 0.484 e. The van der Waals surface area contributed by atoms with Gasteiger partial charge in [0.05, 0.1) is 0 Å². The lowest BCUT2D eigenvalue weighted by molar-refractivity contribution is -0.142. The Morgan fingerprint density at radius 1 is 0.971 bits per heavy atom. The molecule has 0 spiro atoms. The van der Waals surface area contributed by atoms with Crippen molar-refractivity contribution in [1.82, 2.24) is 10.2 Å². The van der Waals surface area contributed by atoms with Crippen LogP contribution in [0.5, 0.6) is 5.75 Å². The molecule has 0 unspecified atom stereocenters. The number of nitrogens with zero attached hydrogens (tertiary/aromatic N) is 1. The SMILES string of the molecule is CCNC(=O)[C@@H](Cc1ccccc1)N(Cc1c(Cl)cccc1Cl)C(=O)COc1ccc(F)cc1. The van der Waals surface area contributed by atoms with Crippen LogP contribution in [-0.2, 0) is 22.6 Å². The first-order valence-corrected chi connectivity index (χ1v) is 11.6. The molecule has 0 aliphatic heterocycles. The molecule has 1 N–H and O–H groups in total. The molecule has 3 aromatic carbocycles. The van der Waals surface area contributed by atoms with Crippen molar-refractivity contribution in [3.63, 3.8) is 0 Å². The number of hydrogen-bond donors (Lipinski definition) is 1. The minimum absolute atomic E-state index is 0.0127. The summed E-state index contributed by atoms with van der Waals surface area (Å²) in [4.78, 5) is 27.9. The van der Waals surface area contributed by atoms with Crippen molar-refractivity contribution in [2.24, 2.45) is 0 Å². The first-order valence-electron chi connectivity index (χ1n) is 10.8. The van der Waals surface area contributed by atoms with Crippen molar-refractivity contribution in [3.8, 4) is 5.75 Å². The van der Waals surface area contributed by atoms with Crippen molar-refractivity contribution in [1.29, 1.82) is 0 Å². The second-order valence-electron chi connectivity index (χ2n) is 7.56. The number of halogens is 3. The molecule has 34 heavy (non-hydrogen) atoms. The fourth-order valence-corrected chi connectivity index (χ4v) is 3.98. The molecule has 8 heteroatoms. The average molecular weight is 503 g/mol. The average Bonchev–Trinajstić information content (AvgIpc) is 2.83. The van der Waals surface area contributed by atoms with Crippen molar-refractivity contribution in [3.05, 3.63) is 99.8 Å². The Hall–Kier alpha value is -3.09. The van der Waals surface area contributed by atoms with E-state index < -0.39 is 17.8 Å². The number of hydrogen-bond acceptors (Lipinski definition) is 3. The number of carbonyl (C=O) groups is 2. The zero-order valence-electron chi connectivity index (χ0n) is 18.6. The van der Waals surface area contributed by atoms with Crippen LogP contribution in [0.1, 0.15) is 18.1 Å². The highest BCUT2D eigenvalue weighted by Crippen LogP contribution is 2.27. The highest BCUT2D eigenvalue weighted by molar-refractivity contribution is 6.36. The molecule has 0 aliphatic rings. The van der Waals surface area contributed by atoms with Crippen molar-refractivity contribution < 1.29 is 18.7 Å². The standard InChI is InChI=1S/C26H25Cl2FN2O3/c1-2-30-26(33)24(15-18-7-4-3-5-8-18)31(16-21-22(27)9-6-10-23(21)28)25(32)17-34-20-13-11-19(29)12-14-20/h3-14,24H,2,15-17H2,1H3,(H,30,33)/t24-/m1/s1. The molecule has 2 amide bonds. The summed E-state index contributed by atoms with van der Waals surface area (Å²) < 4.78 is 18.8. The van der Waals surface area contributed by atoms with Crippen molar-refractivity contribution in [2.75, 3.05) is 13.2 Å². The molecule has 0 aromatic heterocycles. The Kier molecular flexibility index (Phi) is 9.31. The second-order valence-corrected chi connectivity index (χ2v) is 8.38. The fraction of sp³-hybridized carbons (Fsp3) is 0.231. The van der Waals surface area contributed by atoms with E-state index in [-0.39, 0.29) is 25.5 Å². The third-order valence-electron chi connectivity index (χ3n) is 5.19. The van der Waals surface area contributed by atoms with Crippen LogP contribution in [0.3, 0.4) is 0 Å². The normalized spacial score (nSPS) is 11.5. The van der Waals surface area contributed by atoms with Crippen LogP contribution in [0.4, 0.5) is 4.39 Å². The Labute approximate surface area is 208 Å². The molecule has 5 nitrogen and oxygen atoms in total. The predicted molar refractivity (Wildman–Crippen MR) is 132 cm³/mol. The van der Waals surface area contributed by atoms with Gasteiger partial charge in [0.25, 0.3) is 5.91 Å². The molecular weight excluding hydrogens is 478 g/mol. The van der Waals surface area contributed by atoms with Crippen LogP contribution in [0.15, 0.2) is 72.8 Å². The van der Waals surface area contributed by atoms with Gasteiger partial charge in [-0.05, 0) is 48.9 Å². The molecule has 0 heterocycles. The highest BCUT2D eigenvalue weighted by atomic mass is 35.5. The van der Waals surface area contributed by atoms with E-state index in [4.69, 9.17) is 27.9 Å². The summed E-state index contributed by atoms with van der Waals surface area (Å²) in [5, 5.41) is 3.59. The van der Waals surface area contributed by atoms with Crippen molar-refractivity contribution in [2.45, 2.75) is 25.9 Å². The zero-order valence-corrected chi connectivity index (χ0v) is 20.2. The van der Waals surface area contributed by atoms with Gasteiger partial charge < -0.3 is 15.0 Å². The number of rotatable bonds is 10. The molecule has 3 rings (SSSR count). The summed E-state index contributed by atoms with van der Waals surface area (Å²) in [6, 6.07) is 19.0. The molecule has 0 bridgehead atoms. The first kappa shape index (κ1) is 25.5.